The SMILES string of the molecule is CCOC1CC(N)C1NC(=O)c1ccc(Cl)cc1Cl. The van der Waals surface area contributed by atoms with Crippen LogP contribution in [0.1, 0.15) is 23.7 Å². The summed E-state index contributed by atoms with van der Waals surface area (Å²) < 4.78 is 5.50. The summed E-state index contributed by atoms with van der Waals surface area (Å²) in [4.78, 5) is 12.1. The van der Waals surface area contributed by atoms with E-state index in [9.17, 15) is 4.79 Å². The molecule has 1 aromatic rings. The Bertz CT molecular complexity index is 480. The maximum absolute atomic E-state index is 12.1. The number of hydrogen-bond donors (Lipinski definition) is 2. The number of nitrogens with two attached hydrogens (primary N) is 1. The van der Waals surface area contributed by atoms with Crippen molar-refractivity contribution in [2.24, 2.45) is 5.73 Å². The van der Waals surface area contributed by atoms with Crippen LogP contribution in [0.5, 0.6) is 0 Å². The average Bonchev–Trinajstić information content (AvgIpc) is 2.35. The first-order valence-corrected chi connectivity index (χ1v) is 6.91. The molecule has 1 fully saturated rings. The molecule has 19 heavy (non-hydrogen) atoms. The smallest absolute Gasteiger partial charge is 0.253 e. The molecule has 0 aromatic heterocycles. The number of amides is 1. The van der Waals surface area contributed by atoms with Crippen molar-refractivity contribution in [3.05, 3.63) is 33.8 Å². The van der Waals surface area contributed by atoms with Gasteiger partial charge in [0, 0.05) is 17.7 Å². The van der Waals surface area contributed by atoms with Crippen molar-refractivity contribution >= 4 is 29.1 Å². The summed E-state index contributed by atoms with van der Waals surface area (Å²) in [5.41, 5.74) is 6.27. The third-order valence-corrected chi connectivity index (χ3v) is 3.77. The molecule has 0 bridgehead atoms. The fourth-order valence-electron chi connectivity index (χ4n) is 2.13. The van der Waals surface area contributed by atoms with Gasteiger partial charge < -0.3 is 15.8 Å². The number of nitrogens with one attached hydrogen (secondary N) is 1. The average molecular weight is 303 g/mol. The minimum absolute atomic E-state index is 0.0185. The predicted molar refractivity (Wildman–Crippen MR) is 75.7 cm³/mol. The Labute approximate surface area is 122 Å². The van der Waals surface area contributed by atoms with Crippen LogP contribution in [0.25, 0.3) is 0 Å². The molecule has 1 aromatic carbocycles. The molecule has 104 valence electrons. The Morgan fingerprint density at radius 3 is 2.84 bits per heavy atom. The van der Waals surface area contributed by atoms with Gasteiger partial charge in [0.05, 0.1) is 22.7 Å². The van der Waals surface area contributed by atoms with E-state index in [1.165, 1.54) is 0 Å². The highest BCUT2D eigenvalue weighted by atomic mass is 35.5. The van der Waals surface area contributed by atoms with Crippen LogP contribution in [0, 0.1) is 0 Å². The Balaban J connectivity index is 2.04. The zero-order chi connectivity index (χ0) is 14.0. The number of benzene rings is 1. The van der Waals surface area contributed by atoms with Crippen LogP contribution in [0.2, 0.25) is 10.0 Å². The number of hydrogen-bond acceptors (Lipinski definition) is 3. The van der Waals surface area contributed by atoms with Crippen LogP contribution in [0.4, 0.5) is 0 Å². The zero-order valence-electron chi connectivity index (χ0n) is 10.5. The van der Waals surface area contributed by atoms with Gasteiger partial charge >= 0.3 is 0 Å². The lowest BCUT2D eigenvalue weighted by Gasteiger charge is -2.42. The quantitative estimate of drug-likeness (QED) is 0.896. The Hall–Kier alpha value is -0.810. The second kappa shape index (κ2) is 6.09. The van der Waals surface area contributed by atoms with E-state index in [0.29, 0.717) is 22.2 Å². The van der Waals surface area contributed by atoms with Crippen molar-refractivity contribution in [1.29, 1.82) is 0 Å². The predicted octanol–water partition coefficient (Wildman–Crippen LogP) is 2.23. The first-order valence-electron chi connectivity index (χ1n) is 6.16. The van der Waals surface area contributed by atoms with Crippen LogP contribution < -0.4 is 11.1 Å². The van der Waals surface area contributed by atoms with Gasteiger partial charge in [-0.3, -0.25) is 4.79 Å². The van der Waals surface area contributed by atoms with E-state index >= 15 is 0 Å². The standard InChI is InChI=1S/C13H16Cl2N2O2/c1-2-19-11-6-10(16)12(11)17-13(18)8-4-3-7(14)5-9(8)15/h3-5,10-12H,2,6,16H2,1H3,(H,17,18). The van der Waals surface area contributed by atoms with Crippen molar-refractivity contribution in [2.75, 3.05) is 6.61 Å². The largest absolute Gasteiger partial charge is 0.376 e. The van der Waals surface area contributed by atoms with Gasteiger partial charge in [-0.1, -0.05) is 23.2 Å². The maximum Gasteiger partial charge on any atom is 0.253 e. The molecule has 3 N–H and O–H groups in total. The molecule has 0 aliphatic heterocycles. The second-order valence-corrected chi connectivity index (χ2v) is 5.36. The molecule has 4 nitrogen and oxygen atoms in total. The molecule has 3 unspecified atom stereocenters. The van der Waals surface area contributed by atoms with Gasteiger partial charge in [0.15, 0.2) is 0 Å². The second-order valence-electron chi connectivity index (χ2n) is 4.52. The molecule has 6 heteroatoms. The highest BCUT2D eigenvalue weighted by Gasteiger charge is 2.40. The van der Waals surface area contributed by atoms with E-state index in [1.54, 1.807) is 18.2 Å². The lowest BCUT2D eigenvalue weighted by molar-refractivity contribution is -0.0300. The molecule has 0 radical (unpaired) electrons. The van der Waals surface area contributed by atoms with E-state index in [0.717, 1.165) is 6.42 Å². The molecule has 2 rings (SSSR count). The number of carbonyl (C=O) groups is 1. The molecule has 0 spiro atoms. The topological polar surface area (TPSA) is 64.3 Å². The molecule has 0 saturated heterocycles. The van der Waals surface area contributed by atoms with Crippen molar-refractivity contribution < 1.29 is 9.53 Å². The fourth-order valence-corrected chi connectivity index (χ4v) is 2.62. The minimum Gasteiger partial charge on any atom is -0.376 e. The van der Waals surface area contributed by atoms with Crippen LogP contribution in [0.15, 0.2) is 18.2 Å². The third-order valence-electron chi connectivity index (χ3n) is 3.22. The number of halogens is 2. The summed E-state index contributed by atoms with van der Waals surface area (Å²) in [5.74, 6) is -0.258. The summed E-state index contributed by atoms with van der Waals surface area (Å²) in [6, 6.07) is 4.52. The molecule has 1 aliphatic carbocycles. The summed E-state index contributed by atoms with van der Waals surface area (Å²) >= 11 is 11.8. The van der Waals surface area contributed by atoms with Crippen LogP contribution in [-0.2, 0) is 4.74 Å². The first-order chi connectivity index (χ1) is 9.02. The van der Waals surface area contributed by atoms with Gasteiger partial charge in [-0.25, -0.2) is 0 Å². The Morgan fingerprint density at radius 2 is 2.26 bits per heavy atom. The third kappa shape index (κ3) is 3.20. The normalized spacial score (nSPS) is 25.8. The van der Waals surface area contributed by atoms with E-state index < -0.39 is 0 Å². The highest BCUT2D eigenvalue weighted by molar-refractivity contribution is 6.36. The van der Waals surface area contributed by atoms with Crippen molar-refractivity contribution in [3.8, 4) is 0 Å². The van der Waals surface area contributed by atoms with Crippen molar-refractivity contribution in [1.82, 2.24) is 5.32 Å². The van der Waals surface area contributed by atoms with Gasteiger partial charge in [0.25, 0.3) is 5.91 Å². The molecule has 0 heterocycles. The minimum atomic E-state index is -0.258. The van der Waals surface area contributed by atoms with Crippen molar-refractivity contribution in [3.63, 3.8) is 0 Å². The summed E-state index contributed by atoms with van der Waals surface area (Å²) in [6.07, 6.45) is 0.739. The fraction of sp³-hybridized carbons (Fsp3) is 0.462. The monoisotopic (exact) mass is 302 g/mol. The van der Waals surface area contributed by atoms with E-state index in [1.807, 2.05) is 6.92 Å². The summed E-state index contributed by atoms with van der Waals surface area (Å²) in [7, 11) is 0. The number of rotatable bonds is 4. The van der Waals surface area contributed by atoms with E-state index in [4.69, 9.17) is 33.7 Å². The van der Waals surface area contributed by atoms with Gasteiger partial charge in [0.2, 0.25) is 0 Å². The highest BCUT2D eigenvalue weighted by Crippen LogP contribution is 2.25. The summed E-state index contributed by atoms with van der Waals surface area (Å²) in [5, 5.41) is 3.68. The van der Waals surface area contributed by atoms with E-state index in [-0.39, 0.29) is 24.1 Å². The number of carbonyl (C=O) groups excluding carboxylic acids is 1. The molecular formula is C13H16Cl2N2O2. The molecule has 1 saturated carbocycles. The Kier molecular flexibility index (Phi) is 4.68. The van der Waals surface area contributed by atoms with Crippen LogP contribution in [-0.4, -0.2) is 30.7 Å². The molecule has 1 amide bonds. The van der Waals surface area contributed by atoms with Gasteiger partial charge in [-0.05, 0) is 31.5 Å². The summed E-state index contributed by atoms with van der Waals surface area (Å²) in [6.45, 7) is 2.52. The lowest BCUT2D eigenvalue weighted by Crippen LogP contribution is -2.64. The van der Waals surface area contributed by atoms with Crippen LogP contribution >= 0.6 is 23.2 Å². The van der Waals surface area contributed by atoms with Gasteiger partial charge in [-0.15, -0.1) is 0 Å². The Morgan fingerprint density at radius 1 is 1.53 bits per heavy atom. The van der Waals surface area contributed by atoms with Crippen molar-refractivity contribution in [2.45, 2.75) is 31.5 Å². The van der Waals surface area contributed by atoms with Crippen LogP contribution in [0.3, 0.4) is 0 Å². The number of ether oxygens (including phenoxy) is 1. The molecule has 3 atom stereocenters. The zero-order valence-corrected chi connectivity index (χ0v) is 12.0. The molecule has 1 aliphatic rings. The van der Waals surface area contributed by atoms with E-state index in [2.05, 4.69) is 5.32 Å². The maximum atomic E-state index is 12.1. The lowest BCUT2D eigenvalue weighted by atomic mass is 9.83. The van der Waals surface area contributed by atoms with Gasteiger partial charge in [0.1, 0.15) is 0 Å². The molecular weight excluding hydrogens is 287 g/mol. The van der Waals surface area contributed by atoms with Gasteiger partial charge in [-0.2, -0.15) is 0 Å². The first kappa shape index (κ1) is 14.6.